The van der Waals surface area contributed by atoms with E-state index in [1.54, 1.807) is 0 Å². The van der Waals surface area contributed by atoms with Gasteiger partial charge in [0.15, 0.2) is 0 Å². The van der Waals surface area contributed by atoms with Crippen LogP contribution in [0.2, 0.25) is 5.02 Å². The average Bonchev–Trinajstić information content (AvgIpc) is 2.57. The molecule has 0 radical (unpaired) electrons. The van der Waals surface area contributed by atoms with E-state index in [9.17, 15) is 0 Å². The first-order valence-electron chi connectivity index (χ1n) is 8.70. The number of allylic oxidation sites excluding steroid dienone is 1. The van der Waals surface area contributed by atoms with Crippen molar-refractivity contribution in [3.8, 4) is 5.75 Å². The molecular formula is C19H29ClN2O. The lowest BCUT2D eigenvalue weighted by Crippen LogP contribution is -2.46. The van der Waals surface area contributed by atoms with Gasteiger partial charge in [-0.15, -0.1) is 6.58 Å². The Bertz CT molecular complexity index is 484. The summed E-state index contributed by atoms with van der Waals surface area (Å²) in [6, 6.07) is 5.90. The first-order chi connectivity index (χ1) is 11.2. The molecule has 1 aromatic carbocycles. The Balaban J connectivity index is 1.67. The summed E-state index contributed by atoms with van der Waals surface area (Å²) in [6.45, 7) is 13.9. The first kappa shape index (κ1) is 18.3. The summed E-state index contributed by atoms with van der Waals surface area (Å²) < 4.78 is 5.94. The molecule has 0 spiro atoms. The van der Waals surface area contributed by atoms with Gasteiger partial charge in [0.1, 0.15) is 5.75 Å². The molecule has 1 aliphatic rings. The summed E-state index contributed by atoms with van der Waals surface area (Å²) in [4.78, 5) is 5.07. The second kappa shape index (κ2) is 9.96. The molecule has 1 aliphatic heterocycles. The van der Waals surface area contributed by atoms with Crippen LogP contribution in [-0.4, -0.2) is 55.7 Å². The minimum Gasteiger partial charge on any atom is -0.492 e. The van der Waals surface area contributed by atoms with Crippen molar-refractivity contribution in [1.82, 2.24) is 9.80 Å². The fraction of sp³-hybridized carbons (Fsp3) is 0.579. The molecule has 0 aliphatic carbocycles. The fourth-order valence-corrected chi connectivity index (χ4v) is 3.22. The number of para-hydroxylation sites is 1. The van der Waals surface area contributed by atoms with Crippen molar-refractivity contribution >= 4 is 11.6 Å². The Kier molecular flexibility index (Phi) is 7.93. The van der Waals surface area contributed by atoms with E-state index in [-0.39, 0.29) is 0 Å². The van der Waals surface area contributed by atoms with Crippen LogP contribution in [0.4, 0.5) is 0 Å². The highest BCUT2D eigenvalue weighted by atomic mass is 35.5. The van der Waals surface area contributed by atoms with Crippen molar-refractivity contribution in [2.24, 2.45) is 0 Å². The van der Waals surface area contributed by atoms with E-state index >= 15 is 0 Å². The summed E-state index contributed by atoms with van der Waals surface area (Å²) in [5, 5.41) is 0.694. The predicted molar refractivity (Wildman–Crippen MR) is 98.6 cm³/mol. The smallest absolute Gasteiger partial charge is 0.141 e. The van der Waals surface area contributed by atoms with Crippen LogP contribution in [0.15, 0.2) is 30.9 Å². The van der Waals surface area contributed by atoms with Crippen LogP contribution in [0, 0.1) is 0 Å². The molecule has 0 atom stereocenters. The molecule has 2 rings (SSSR count). The van der Waals surface area contributed by atoms with E-state index in [2.05, 4.69) is 29.4 Å². The monoisotopic (exact) mass is 336 g/mol. The van der Waals surface area contributed by atoms with Crippen molar-refractivity contribution in [3.63, 3.8) is 0 Å². The maximum atomic E-state index is 6.25. The van der Waals surface area contributed by atoms with E-state index in [0.717, 1.165) is 30.8 Å². The second-order valence-electron chi connectivity index (χ2n) is 6.05. The lowest BCUT2D eigenvalue weighted by atomic mass is 10.1. The maximum absolute atomic E-state index is 6.25. The van der Waals surface area contributed by atoms with Crippen LogP contribution in [-0.2, 0) is 6.42 Å². The molecule has 1 saturated heterocycles. The number of unbranched alkanes of at least 4 members (excludes halogenated alkanes) is 1. The number of piperazine rings is 1. The van der Waals surface area contributed by atoms with Gasteiger partial charge in [0.2, 0.25) is 0 Å². The van der Waals surface area contributed by atoms with Crippen LogP contribution in [0.1, 0.15) is 25.3 Å². The molecule has 0 saturated carbocycles. The number of hydrogen-bond acceptors (Lipinski definition) is 3. The molecule has 3 nitrogen and oxygen atoms in total. The number of likely N-dealkylation sites (N-methyl/N-ethyl adjacent to an activating group) is 1. The van der Waals surface area contributed by atoms with Gasteiger partial charge in [0.05, 0.1) is 11.6 Å². The first-order valence-corrected chi connectivity index (χ1v) is 9.08. The molecule has 23 heavy (non-hydrogen) atoms. The summed E-state index contributed by atoms with van der Waals surface area (Å²) in [7, 11) is 0. The quantitative estimate of drug-likeness (QED) is 0.503. The highest BCUT2D eigenvalue weighted by molar-refractivity contribution is 6.32. The largest absolute Gasteiger partial charge is 0.492 e. The Hall–Kier alpha value is -1.03. The molecule has 128 valence electrons. The van der Waals surface area contributed by atoms with Crippen molar-refractivity contribution in [1.29, 1.82) is 0 Å². The van der Waals surface area contributed by atoms with Crippen molar-refractivity contribution in [2.75, 3.05) is 45.9 Å². The zero-order valence-corrected chi connectivity index (χ0v) is 15.0. The number of nitrogens with zero attached hydrogens (tertiary/aromatic N) is 2. The zero-order valence-electron chi connectivity index (χ0n) is 14.3. The lowest BCUT2D eigenvalue weighted by Gasteiger charge is -2.33. The van der Waals surface area contributed by atoms with Gasteiger partial charge < -0.3 is 14.5 Å². The van der Waals surface area contributed by atoms with Crippen LogP contribution in [0.3, 0.4) is 0 Å². The highest BCUT2D eigenvalue weighted by Gasteiger charge is 2.14. The van der Waals surface area contributed by atoms with E-state index < -0.39 is 0 Å². The predicted octanol–water partition coefficient (Wildman–Crippen LogP) is 3.87. The summed E-state index contributed by atoms with van der Waals surface area (Å²) in [6.07, 6.45) is 4.91. The summed E-state index contributed by atoms with van der Waals surface area (Å²) in [5.41, 5.74) is 1.11. The van der Waals surface area contributed by atoms with E-state index in [1.165, 1.54) is 45.7 Å². The maximum Gasteiger partial charge on any atom is 0.141 e. The van der Waals surface area contributed by atoms with Gasteiger partial charge in [-0.05, 0) is 44.0 Å². The third-order valence-corrected chi connectivity index (χ3v) is 4.74. The molecule has 1 heterocycles. The number of halogens is 1. The second-order valence-corrected chi connectivity index (χ2v) is 6.46. The normalized spacial score (nSPS) is 16.4. The molecule has 0 unspecified atom stereocenters. The van der Waals surface area contributed by atoms with Crippen LogP contribution in [0.25, 0.3) is 0 Å². The molecule has 0 bridgehead atoms. The van der Waals surface area contributed by atoms with E-state index in [1.807, 2.05) is 18.2 Å². The van der Waals surface area contributed by atoms with Gasteiger partial charge in [-0.2, -0.15) is 0 Å². The SMILES string of the molecule is C=CCc1cccc(Cl)c1OCCCCN1CCN(CC)CC1. The summed E-state index contributed by atoms with van der Waals surface area (Å²) >= 11 is 6.25. The molecule has 0 aromatic heterocycles. The summed E-state index contributed by atoms with van der Waals surface area (Å²) in [5.74, 6) is 0.825. The molecular weight excluding hydrogens is 308 g/mol. The van der Waals surface area contributed by atoms with Gasteiger partial charge in [-0.3, -0.25) is 0 Å². The minimum absolute atomic E-state index is 0.694. The number of benzene rings is 1. The van der Waals surface area contributed by atoms with Gasteiger partial charge >= 0.3 is 0 Å². The molecule has 4 heteroatoms. The Morgan fingerprint density at radius 3 is 2.61 bits per heavy atom. The Labute approximate surface area is 145 Å². The molecule has 1 fully saturated rings. The van der Waals surface area contributed by atoms with Crippen LogP contribution >= 0.6 is 11.6 Å². The highest BCUT2D eigenvalue weighted by Crippen LogP contribution is 2.29. The molecule has 0 N–H and O–H groups in total. The minimum atomic E-state index is 0.694. The van der Waals surface area contributed by atoms with Crippen molar-refractivity contribution < 1.29 is 4.74 Å². The van der Waals surface area contributed by atoms with Crippen LogP contribution < -0.4 is 4.74 Å². The van der Waals surface area contributed by atoms with E-state index in [4.69, 9.17) is 16.3 Å². The van der Waals surface area contributed by atoms with Gasteiger partial charge in [-0.1, -0.05) is 36.7 Å². The van der Waals surface area contributed by atoms with Gasteiger partial charge in [0, 0.05) is 26.2 Å². The Morgan fingerprint density at radius 1 is 1.17 bits per heavy atom. The topological polar surface area (TPSA) is 15.7 Å². The molecule has 0 amide bonds. The van der Waals surface area contributed by atoms with Crippen molar-refractivity contribution in [2.45, 2.75) is 26.2 Å². The number of hydrogen-bond donors (Lipinski definition) is 0. The zero-order chi connectivity index (χ0) is 16.5. The standard InChI is InChI=1S/C19H29ClN2O/c1-3-8-17-9-7-10-18(20)19(17)23-16-6-5-11-22-14-12-21(4-2)13-15-22/h3,7,9-10H,1,4-6,8,11-16H2,2H3. The van der Waals surface area contributed by atoms with Gasteiger partial charge in [0.25, 0.3) is 0 Å². The third kappa shape index (κ3) is 5.83. The van der Waals surface area contributed by atoms with Crippen molar-refractivity contribution in [3.05, 3.63) is 41.4 Å². The van der Waals surface area contributed by atoms with Gasteiger partial charge in [-0.25, -0.2) is 0 Å². The van der Waals surface area contributed by atoms with E-state index in [0.29, 0.717) is 5.02 Å². The average molecular weight is 337 g/mol. The number of rotatable bonds is 9. The number of ether oxygens (including phenoxy) is 1. The molecule has 1 aromatic rings. The Morgan fingerprint density at radius 2 is 1.91 bits per heavy atom. The lowest BCUT2D eigenvalue weighted by molar-refractivity contribution is 0.134. The van der Waals surface area contributed by atoms with Crippen LogP contribution in [0.5, 0.6) is 5.75 Å². The third-order valence-electron chi connectivity index (χ3n) is 4.44. The fourth-order valence-electron chi connectivity index (χ4n) is 2.97.